The van der Waals surface area contributed by atoms with Gasteiger partial charge in [-0.3, -0.25) is 14.8 Å². The second-order valence-electron chi connectivity index (χ2n) is 3.67. The van der Waals surface area contributed by atoms with Crippen molar-refractivity contribution in [2.75, 3.05) is 6.54 Å². The molecule has 0 saturated carbocycles. The van der Waals surface area contributed by atoms with Gasteiger partial charge in [0.2, 0.25) is 5.91 Å². The standard InChI is InChI=1S/C12H13N5O.ClH/c13-5-4-11(18)17-16-8-9-2-1-3-10-12(9)15-7-6-14-10;/h1-3,6-8H,4-5,13H2,(H,17,18);1H/b16-8+;. The van der Waals surface area contributed by atoms with Gasteiger partial charge in [0, 0.05) is 18.0 Å². The first kappa shape index (κ1) is 15.0. The number of carbonyl (C=O) groups is 1. The number of aromatic nitrogens is 2. The van der Waals surface area contributed by atoms with Gasteiger partial charge in [0.25, 0.3) is 0 Å². The Morgan fingerprint density at radius 3 is 2.95 bits per heavy atom. The first-order valence-corrected chi connectivity index (χ1v) is 5.62. The topological polar surface area (TPSA) is 94.9 Å². The number of carbonyl (C=O) groups excluding carboxylic acids is 1. The Kier molecular flexibility index (Phi) is 5.84. The predicted molar refractivity (Wildman–Crippen MR) is 67.6 cm³/mol. The molecule has 0 aliphatic rings. The maximum absolute atomic E-state index is 11.2. The SMILES string of the molecule is [Cl-].[NH3+]CCC(=O)N/N=C/c1cccc2nccnc12. The van der Waals surface area contributed by atoms with E-state index in [2.05, 4.69) is 26.2 Å². The first-order valence-electron chi connectivity index (χ1n) is 5.62. The van der Waals surface area contributed by atoms with Gasteiger partial charge >= 0.3 is 0 Å². The van der Waals surface area contributed by atoms with Gasteiger partial charge in [-0.25, -0.2) is 5.43 Å². The summed E-state index contributed by atoms with van der Waals surface area (Å²) in [6.07, 6.45) is 5.20. The van der Waals surface area contributed by atoms with Crippen LogP contribution in [0, 0.1) is 0 Å². The molecule has 0 unspecified atom stereocenters. The molecular weight excluding hydrogens is 266 g/mol. The van der Waals surface area contributed by atoms with Crippen molar-refractivity contribution in [2.45, 2.75) is 6.42 Å². The Morgan fingerprint density at radius 2 is 2.16 bits per heavy atom. The van der Waals surface area contributed by atoms with Crippen molar-refractivity contribution in [1.29, 1.82) is 0 Å². The van der Waals surface area contributed by atoms with Crippen LogP contribution in [0.1, 0.15) is 12.0 Å². The minimum atomic E-state index is -0.146. The molecule has 2 aromatic rings. The van der Waals surface area contributed by atoms with E-state index in [4.69, 9.17) is 0 Å². The van der Waals surface area contributed by atoms with Crippen LogP contribution in [0.5, 0.6) is 0 Å². The molecule has 7 heteroatoms. The predicted octanol–water partition coefficient (Wildman–Crippen LogP) is -3.28. The maximum Gasteiger partial charge on any atom is 0.245 e. The molecule has 1 aromatic carbocycles. The van der Waals surface area contributed by atoms with Gasteiger partial charge < -0.3 is 18.1 Å². The Hall–Kier alpha value is -2.05. The average molecular weight is 280 g/mol. The normalized spacial score (nSPS) is 10.4. The highest BCUT2D eigenvalue weighted by Crippen LogP contribution is 2.11. The number of quaternary nitrogens is 1. The molecule has 0 radical (unpaired) electrons. The number of halogens is 1. The number of rotatable bonds is 4. The van der Waals surface area contributed by atoms with Gasteiger partial charge in [0.1, 0.15) is 0 Å². The van der Waals surface area contributed by atoms with Gasteiger partial charge in [-0.15, -0.1) is 0 Å². The molecule has 0 aliphatic carbocycles. The molecule has 2 rings (SSSR count). The van der Waals surface area contributed by atoms with Crippen molar-refractivity contribution in [3.05, 3.63) is 36.2 Å². The minimum Gasteiger partial charge on any atom is -1.00 e. The Balaban J connectivity index is 0.00000180. The number of benzene rings is 1. The Morgan fingerprint density at radius 1 is 1.37 bits per heavy atom. The molecular formula is C12H14ClN5O. The smallest absolute Gasteiger partial charge is 0.245 e. The highest BCUT2D eigenvalue weighted by atomic mass is 35.5. The number of hydrazone groups is 1. The lowest BCUT2D eigenvalue weighted by Gasteiger charge is -1.99. The van der Waals surface area contributed by atoms with Crippen LogP contribution >= 0.6 is 0 Å². The van der Waals surface area contributed by atoms with E-state index in [-0.39, 0.29) is 18.3 Å². The van der Waals surface area contributed by atoms with Crippen LogP contribution in [0.2, 0.25) is 0 Å². The number of amides is 1. The quantitative estimate of drug-likeness (QED) is 0.454. The summed E-state index contributed by atoms with van der Waals surface area (Å²) in [5.41, 5.74) is 8.41. The molecule has 0 saturated heterocycles. The van der Waals surface area contributed by atoms with Crippen molar-refractivity contribution in [3.8, 4) is 0 Å². The van der Waals surface area contributed by atoms with Gasteiger partial charge in [-0.2, -0.15) is 5.10 Å². The van der Waals surface area contributed by atoms with Crippen molar-refractivity contribution in [3.63, 3.8) is 0 Å². The lowest BCUT2D eigenvalue weighted by Crippen LogP contribution is -3.00. The number of nitrogens with one attached hydrogen (secondary N) is 1. The van der Waals surface area contributed by atoms with E-state index in [9.17, 15) is 4.79 Å². The van der Waals surface area contributed by atoms with E-state index in [1.807, 2.05) is 18.2 Å². The Bertz CT molecular complexity index is 582. The van der Waals surface area contributed by atoms with Gasteiger partial charge in [0.05, 0.1) is 30.2 Å². The highest BCUT2D eigenvalue weighted by molar-refractivity contribution is 5.96. The van der Waals surface area contributed by atoms with Crippen LogP contribution < -0.4 is 23.6 Å². The second kappa shape index (κ2) is 7.40. The van der Waals surface area contributed by atoms with Crippen LogP contribution in [0.15, 0.2) is 35.7 Å². The van der Waals surface area contributed by atoms with Gasteiger partial charge in [-0.1, -0.05) is 12.1 Å². The van der Waals surface area contributed by atoms with E-state index in [0.29, 0.717) is 13.0 Å². The first-order chi connectivity index (χ1) is 8.81. The number of para-hydroxylation sites is 1. The molecule has 0 spiro atoms. The fourth-order valence-electron chi connectivity index (χ4n) is 1.51. The van der Waals surface area contributed by atoms with E-state index >= 15 is 0 Å². The summed E-state index contributed by atoms with van der Waals surface area (Å²) < 4.78 is 0. The lowest BCUT2D eigenvalue weighted by molar-refractivity contribution is -0.366. The minimum absolute atomic E-state index is 0. The number of hydrogen-bond acceptors (Lipinski definition) is 4. The fraction of sp³-hybridized carbons (Fsp3) is 0.167. The number of nitrogens with zero attached hydrogens (tertiary/aromatic N) is 3. The van der Waals surface area contributed by atoms with Crippen molar-refractivity contribution in [2.24, 2.45) is 5.10 Å². The summed E-state index contributed by atoms with van der Waals surface area (Å²) in [5.74, 6) is -0.146. The summed E-state index contributed by atoms with van der Waals surface area (Å²) in [6, 6.07) is 5.62. The summed E-state index contributed by atoms with van der Waals surface area (Å²) >= 11 is 0. The summed E-state index contributed by atoms with van der Waals surface area (Å²) in [7, 11) is 0. The molecule has 1 amide bonds. The van der Waals surface area contributed by atoms with E-state index in [1.165, 1.54) is 0 Å². The molecule has 1 heterocycles. The average Bonchev–Trinajstić information content (AvgIpc) is 2.39. The highest BCUT2D eigenvalue weighted by Gasteiger charge is 2.00. The monoisotopic (exact) mass is 279 g/mol. The Labute approximate surface area is 116 Å². The second-order valence-corrected chi connectivity index (χ2v) is 3.67. The van der Waals surface area contributed by atoms with Crippen LogP contribution in [0.4, 0.5) is 0 Å². The summed E-state index contributed by atoms with van der Waals surface area (Å²) in [6.45, 7) is 0.557. The van der Waals surface area contributed by atoms with Gasteiger partial charge in [-0.05, 0) is 6.07 Å². The van der Waals surface area contributed by atoms with Crippen molar-refractivity contribution < 1.29 is 22.9 Å². The third kappa shape index (κ3) is 3.97. The molecule has 19 heavy (non-hydrogen) atoms. The molecule has 100 valence electrons. The largest absolute Gasteiger partial charge is 1.00 e. The molecule has 0 fully saturated rings. The van der Waals surface area contributed by atoms with Crippen LogP contribution in [0.3, 0.4) is 0 Å². The van der Waals surface area contributed by atoms with Gasteiger partial charge in [0.15, 0.2) is 0 Å². The maximum atomic E-state index is 11.2. The molecule has 0 atom stereocenters. The van der Waals surface area contributed by atoms with Crippen LogP contribution in [0.25, 0.3) is 11.0 Å². The lowest BCUT2D eigenvalue weighted by atomic mass is 10.2. The van der Waals surface area contributed by atoms with Crippen LogP contribution in [-0.2, 0) is 4.79 Å². The third-order valence-electron chi connectivity index (χ3n) is 2.33. The zero-order valence-corrected chi connectivity index (χ0v) is 11.0. The number of hydrogen-bond donors (Lipinski definition) is 2. The van der Waals surface area contributed by atoms with Crippen molar-refractivity contribution in [1.82, 2.24) is 15.4 Å². The van der Waals surface area contributed by atoms with E-state index in [0.717, 1.165) is 16.6 Å². The van der Waals surface area contributed by atoms with E-state index < -0.39 is 0 Å². The summed E-state index contributed by atoms with van der Waals surface area (Å²) in [4.78, 5) is 19.6. The zero-order chi connectivity index (χ0) is 12.8. The molecule has 1 aromatic heterocycles. The third-order valence-corrected chi connectivity index (χ3v) is 2.33. The fourth-order valence-corrected chi connectivity index (χ4v) is 1.51. The van der Waals surface area contributed by atoms with Crippen molar-refractivity contribution >= 4 is 23.2 Å². The van der Waals surface area contributed by atoms with Crippen LogP contribution in [-0.4, -0.2) is 28.6 Å². The molecule has 0 aliphatic heterocycles. The zero-order valence-electron chi connectivity index (χ0n) is 10.2. The molecule has 6 nitrogen and oxygen atoms in total. The number of fused-ring (bicyclic) bond motifs is 1. The summed E-state index contributed by atoms with van der Waals surface area (Å²) in [5, 5.41) is 3.89. The molecule has 4 N–H and O–H groups in total. The molecule has 0 bridgehead atoms. The van der Waals surface area contributed by atoms with E-state index in [1.54, 1.807) is 18.6 Å².